The van der Waals surface area contributed by atoms with E-state index in [1.807, 2.05) is 0 Å². The first-order valence-corrected chi connectivity index (χ1v) is 5.14. The summed E-state index contributed by atoms with van der Waals surface area (Å²) in [4.78, 5) is 9.57. The Morgan fingerprint density at radius 2 is 1.92 bits per heavy atom. The minimum Gasteiger partial charge on any atom is -0.302 e. The maximum atomic E-state index is 12.9. The number of sulfone groups is 1. The quantitative estimate of drug-likeness (QED) is 0.681. The van der Waals surface area contributed by atoms with E-state index in [2.05, 4.69) is 0 Å². The van der Waals surface area contributed by atoms with E-state index in [9.17, 15) is 17.6 Å². The van der Waals surface area contributed by atoms with Gasteiger partial charge < -0.3 is 4.79 Å². The molecule has 0 aliphatic heterocycles. The van der Waals surface area contributed by atoms with Crippen LogP contribution < -0.4 is 0 Å². The Labute approximate surface area is 75.1 Å². The number of hydrogen-bond donors (Lipinski definition) is 0. The molecule has 3 nitrogen and oxygen atoms in total. The van der Waals surface area contributed by atoms with Gasteiger partial charge in [-0.15, -0.1) is 0 Å². The van der Waals surface area contributed by atoms with Crippen LogP contribution >= 0.6 is 0 Å². The topological polar surface area (TPSA) is 51.2 Å². The van der Waals surface area contributed by atoms with E-state index in [-0.39, 0.29) is 6.29 Å². The standard InChI is InChI=1S/C8H7FO3S/c9-7-3-1-2-4-8(7)13(11,12)6-5-10/h1-5H,6H2. The molecule has 5 heteroatoms. The third-order valence-corrected chi connectivity index (χ3v) is 3.04. The summed E-state index contributed by atoms with van der Waals surface area (Å²) >= 11 is 0. The van der Waals surface area contributed by atoms with Crippen LogP contribution in [-0.4, -0.2) is 20.5 Å². The Kier molecular flexibility index (Phi) is 2.77. The smallest absolute Gasteiger partial charge is 0.188 e. The molecule has 0 unspecified atom stereocenters. The minimum absolute atomic E-state index is 0.238. The van der Waals surface area contributed by atoms with Crippen LogP contribution in [0.25, 0.3) is 0 Å². The van der Waals surface area contributed by atoms with Crippen LogP contribution in [0, 0.1) is 5.82 Å². The number of hydrogen-bond acceptors (Lipinski definition) is 3. The highest BCUT2D eigenvalue weighted by Gasteiger charge is 2.17. The average molecular weight is 202 g/mol. The molecule has 0 saturated carbocycles. The lowest BCUT2D eigenvalue weighted by Gasteiger charge is -2.00. The second-order valence-corrected chi connectivity index (χ2v) is 4.38. The van der Waals surface area contributed by atoms with Crippen molar-refractivity contribution in [3.63, 3.8) is 0 Å². The molecule has 0 aliphatic rings. The highest BCUT2D eigenvalue weighted by Crippen LogP contribution is 2.14. The van der Waals surface area contributed by atoms with Gasteiger partial charge in [0.05, 0.1) is 0 Å². The summed E-state index contributed by atoms with van der Waals surface area (Å²) in [6.45, 7) is 0. The van der Waals surface area contributed by atoms with Crippen molar-refractivity contribution in [1.82, 2.24) is 0 Å². The second kappa shape index (κ2) is 3.66. The first kappa shape index (κ1) is 9.85. The second-order valence-electron chi connectivity index (χ2n) is 2.38. The number of carbonyl (C=O) groups excluding carboxylic acids is 1. The van der Waals surface area contributed by atoms with Crippen molar-refractivity contribution < 1.29 is 17.6 Å². The van der Waals surface area contributed by atoms with Crippen molar-refractivity contribution in [2.75, 3.05) is 5.75 Å². The van der Waals surface area contributed by atoms with Gasteiger partial charge >= 0.3 is 0 Å². The Bertz CT molecular complexity index is 411. The van der Waals surface area contributed by atoms with E-state index >= 15 is 0 Å². The van der Waals surface area contributed by atoms with Crippen molar-refractivity contribution in [2.24, 2.45) is 0 Å². The Morgan fingerprint density at radius 3 is 2.46 bits per heavy atom. The van der Waals surface area contributed by atoms with Crippen molar-refractivity contribution >= 4 is 16.1 Å². The minimum atomic E-state index is -3.78. The van der Waals surface area contributed by atoms with Crippen LogP contribution in [0.2, 0.25) is 0 Å². The van der Waals surface area contributed by atoms with E-state index in [1.165, 1.54) is 12.1 Å². The number of halogens is 1. The summed E-state index contributed by atoms with van der Waals surface area (Å²) in [6, 6.07) is 4.96. The zero-order valence-corrected chi connectivity index (χ0v) is 7.42. The molecule has 0 fully saturated rings. The third-order valence-electron chi connectivity index (χ3n) is 1.46. The molecule has 0 N–H and O–H groups in total. The van der Waals surface area contributed by atoms with E-state index in [0.717, 1.165) is 12.1 Å². The number of aldehydes is 1. The first-order chi connectivity index (χ1) is 6.08. The summed E-state index contributed by atoms with van der Waals surface area (Å²) in [6.07, 6.45) is 0.238. The van der Waals surface area contributed by atoms with Crippen LogP contribution in [0.4, 0.5) is 4.39 Å². The molecule has 70 valence electrons. The Morgan fingerprint density at radius 1 is 1.31 bits per heavy atom. The molecular formula is C8H7FO3S. The molecule has 1 aromatic rings. The van der Waals surface area contributed by atoms with Crippen molar-refractivity contribution in [2.45, 2.75) is 4.90 Å². The molecule has 0 aromatic heterocycles. The molecule has 0 aliphatic carbocycles. The van der Waals surface area contributed by atoms with Crippen molar-refractivity contribution in [3.8, 4) is 0 Å². The van der Waals surface area contributed by atoms with Gasteiger partial charge in [-0.3, -0.25) is 0 Å². The van der Waals surface area contributed by atoms with E-state index in [4.69, 9.17) is 0 Å². The molecule has 0 amide bonds. The molecule has 13 heavy (non-hydrogen) atoms. The fraction of sp³-hybridized carbons (Fsp3) is 0.125. The molecule has 1 rings (SSSR count). The summed E-state index contributed by atoms with van der Waals surface area (Å²) in [7, 11) is -3.78. The van der Waals surface area contributed by atoms with Gasteiger partial charge in [0, 0.05) is 0 Å². The van der Waals surface area contributed by atoms with E-state index in [1.54, 1.807) is 0 Å². The molecule has 0 spiro atoms. The maximum Gasteiger partial charge on any atom is 0.188 e. The fourth-order valence-corrected chi connectivity index (χ4v) is 1.89. The van der Waals surface area contributed by atoms with Crippen LogP contribution in [0.5, 0.6) is 0 Å². The first-order valence-electron chi connectivity index (χ1n) is 3.49. The molecule has 0 saturated heterocycles. The lowest BCUT2D eigenvalue weighted by Crippen LogP contribution is -2.09. The summed E-state index contributed by atoms with van der Waals surface area (Å²) in [5.41, 5.74) is 0. The Balaban J connectivity index is 3.22. The number of rotatable bonds is 3. The molecule has 0 radical (unpaired) electrons. The number of benzene rings is 1. The zero-order valence-electron chi connectivity index (χ0n) is 6.60. The highest BCUT2D eigenvalue weighted by atomic mass is 32.2. The van der Waals surface area contributed by atoms with Gasteiger partial charge in [-0.2, -0.15) is 0 Å². The summed E-state index contributed by atoms with van der Waals surface area (Å²) < 4.78 is 35.3. The summed E-state index contributed by atoms with van der Waals surface area (Å²) in [5, 5.41) is 0. The number of carbonyl (C=O) groups is 1. The van der Waals surface area contributed by atoms with E-state index < -0.39 is 26.3 Å². The summed E-state index contributed by atoms with van der Waals surface area (Å²) in [5.74, 6) is -1.52. The van der Waals surface area contributed by atoms with Crippen molar-refractivity contribution in [1.29, 1.82) is 0 Å². The lowest BCUT2D eigenvalue weighted by molar-refractivity contribution is -0.105. The largest absolute Gasteiger partial charge is 0.302 e. The van der Waals surface area contributed by atoms with Gasteiger partial charge in [-0.1, -0.05) is 12.1 Å². The Hall–Kier alpha value is -1.23. The normalized spacial score (nSPS) is 11.2. The highest BCUT2D eigenvalue weighted by molar-refractivity contribution is 7.92. The van der Waals surface area contributed by atoms with Crippen molar-refractivity contribution in [3.05, 3.63) is 30.1 Å². The molecule has 0 bridgehead atoms. The van der Waals surface area contributed by atoms with Crippen LogP contribution in [-0.2, 0) is 14.6 Å². The molecule has 0 atom stereocenters. The predicted molar refractivity (Wildman–Crippen MR) is 44.5 cm³/mol. The molecule has 1 aromatic carbocycles. The van der Waals surface area contributed by atoms with E-state index in [0.29, 0.717) is 0 Å². The van der Waals surface area contributed by atoms with Gasteiger partial charge in [-0.25, -0.2) is 12.8 Å². The SMILES string of the molecule is O=CCS(=O)(=O)c1ccccc1F. The van der Waals surface area contributed by atoms with Crippen LogP contribution in [0.1, 0.15) is 0 Å². The maximum absolute atomic E-state index is 12.9. The lowest BCUT2D eigenvalue weighted by atomic mass is 10.3. The fourth-order valence-electron chi connectivity index (χ4n) is 0.876. The van der Waals surface area contributed by atoms with Crippen LogP contribution in [0.15, 0.2) is 29.2 Å². The average Bonchev–Trinajstić information content (AvgIpc) is 2.04. The van der Waals surface area contributed by atoms with Gasteiger partial charge in [0.15, 0.2) is 9.84 Å². The van der Waals surface area contributed by atoms with Gasteiger partial charge in [-0.05, 0) is 12.1 Å². The zero-order chi connectivity index (χ0) is 9.90. The van der Waals surface area contributed by atoms with Gasteiger partial charge in [0.25, 0.3) is 0 Å². The third kappa shape index (κ3) is 2.12. The van der Waals surface area contributed by atoms with Crippen LogP contribution in [0.3, 0.4) is 0 Å². The molecular weight excluding hydrogens is 195 g/mol. The predicted octanol–water partition coefficient (Wildman–Crippen LogP) is 0.798. The monoisotopic (exact) mass is 202 g/mol. The van der Waals surface area contributed by atoms with Gasteiger partial charge in [0.1, 0.15) is 22.8 Å². The van der Waals surface area contributed by atoms with Gasteiger partial charge in [0.2, 0.25) is 0 Å². The molecule has 0 heterocycles.